The first kappa shape index (κ1) is 28.9. The van der Waals surface area contributed by atoms with Crippen molar-refractivity contribution in [3.8, 4) is 22.8 Å². The van der Waals surface area contributed by atoms with Crippen molar-refractivity contribution in [1.82, 2.24) is 15.0 Å². The highest BCUT2D eigenvalue weighted by molar-refractivity contribution is 8.43. The molecule has 3 aliphatic rings. The summed E-state index contributed by atoms with van der Waals surface area (Å²) >= 11 is 10.7. The van der Waals surface area contributed by atoms with Crippen molar-refractivity contribution < 1.29 is 9.00 Å². The van der Waals surface area contributed by atoms with Gasteiger partial charge in [-0.05, 0) is 41.8 Å². The molecule has 0 spiro atoms. The molecule has 0 atom stereocenters. The lowest BCUT2D eigenvalue weighted by Crippen LogP contribution is -2.12. The first-order chi connectivity index (χ1) is 19.0. The van der Waals surface area contributed by atoms with Crippen LogP contribution in [0.3, 0.4) is 0 Å². The van der Waals surface area contributed by atoms with Crippen LogP contribution in [-0.2, 0) is 15.6 Å². The summed E-state index contributed by atoms with van der Waals surface area (Å²) < 4.78 is 14.8. The molecule has 0 unspecified atom stereocenters. The highest BCUT2D eigenvalue weighted by Gasteiger charge is 2.30. The maximum absolute atomic E-state index is 13.2. The number of hydrogen-bond donors (Lipinski definition) is 1. The van der Waals surface area contributed by atoms with Crippen molar-refractivity contribution in [2.75, 3.05) is 29.3 Å². The second-order valence-corrected chi connectivity index (χ2v) is 16.7. The highest BCUT2D eigenvalue weighted by Crippen LogP contribution is 2.63. The van der Waals surface area contributed by atoms with Crippen LogP contribution in [0.2, 0.25) is 0 Å². The third-order valence-corrected chi connectivity index (χ3v) is 13.6. The van der Waals surface area contributed by atoms with Gasteiger partial charge in [0.1, 0.15) is 0 Å². The van der Waals surface area contributed by atoms with E-state index in [2.05, 4.69) is 15.3 Å². The predicted octanol–water partition coefficient (Wildman–Crippen LogP) is 7.67. The Morgan fingerprint density at radius 3 is 1.87 bits per heavy atom. The zero-order valence-corrected chi connectivity index (χ0v) is 26.5. The molecule has 3 aromatic heterocycles. The fourth-order valence-electron chi connectivity index (χ4n) is 3.33. The lowest BCUT2D eigenvalue weighted by Gasteiger charge is -2.10. The lowest BCUT2D eigenvalue weighted by molar-refractivity contribution is -0.112. The summed E-state index contributed by atoms with van der Waals surface area (Å²) in [4.78, 5) is 27.5. The van der Waals surface area contributed by atoms with E-state index in [1.54, 1.807) is 48.4 Å². The van der Waals surface area contributed by atoms with Gasteiger partial charge in [-0.3, -0.25) is 19.0 Å². The van der Waals surface area contributed by atoms with E-state index in [-0.39, 0.29) is 5.91 Å². The minimum absolute atomic E-state index is 0.127. The van der Waals surface area contributed by atoms with Gasteiger partial charge in [0.05, 0.1) is 44.6 Å². The van der Waals surface area contributed by atoms with E-state index in [1.807, 2.05) is 101 Å². The van der Waals surface area contributed by atoms with Crippen LogP contribution in [0.15, 0.2) is 88.2 Å². The molecule has 0 saturated carbocycles. The number of nitrogens with zero attached hydrogens (tertiary/aromatic N) is 3. The molecule has 3 aliphatic heterocycles. The second kappa shape index (κ2) is 13.8. The Bertz CT molecular complexity index is 1410. The third-order valence-electron chi connectivity index (χ3n) is 4.89. The number of carbonyl (C=O) groups is 1. The van der Waals surface area contributed by atoms with Crippen LogP contribution < -0.4 is 5.32 Å². The summed E-state index contributed by atoms with van der Waals surface area (Å²) in [6, 6.07) is 15.1. The van der Waals surface area contributed by atoms with E-state index in [4.69, 9.17) is 4.98 Å². The lowest BCUT2D eigenvalue weighted by atomic mass is 10.1. The molecule has 39 heavy (non-hydrogen) atoms. The van der Waals surface area contributed by atoms with E-state index in [0.29, 0.717) is 22.0 Å². The number of hydrogen-bond acceptors (Lipinski definition) is 11. The van der Waals surface area contributed by atoms with Crippen LogP contribution in [0.1, 0.15) is 0 Å². The van der Waals surface area contributed by atoms with E-state index < -0.39 is 10.8 Å². The molecule has 0 bridgehead atoms. The van der Waals surface area contributed by atoms with Gasteiger partial charge in [-0.25, -0.2) is 4.98 Å². The summed E-state index contributed by atoms with van der Waals surface area (Å²) in [7, 11) is -0.611. The summed E-state index contributed by atoms with van der Waals surface area (Å²) in [6.07, 6.45) is 6.75. The summed E-state index contributed by atoms with van der Waals surface area (Å²) in [5, 5.41) is 5.02. The van der Waals surface area contributed by atoms with Crippen molar-refractivity contribution in [3.63, 3.8) is 0 Å². The fourth-order valence-corrected chi connectivity index (χ4v) is 11.8. The van der Waals surface area contributed by atoms with E-state index in [0.717, 1.165) is 11.4 Å². The Labute approximate surface area is 255 Å². The Morgan fingerprint density at radius 2 is 1.36 bits per heavy atom. The van der Waals surface area contributed by atoms with Crippen molar-refractivity contribution >= 4 is 93.0 Å². The quantitative estimate of drug-likeness (QED) is 0.303. The van der Waals surface area contributed by atoms with Gasteiger partial charge < -0.3 is 5.32 Å². The average Bonchev–Trinajstić information content (AvgIpc) is 3.61. The van der Waals surface area contributed by atoms with E-state index in [9.17, 15) is 9.00 Å². The smallest absolute Gasteiger partial charge is 0.262 e. The van der Waals surface area contributed by atoms with Gasteiger partial charge in [0.2, 0.25) is 0 Å². The Balaban J connectivity index is 0.000000723. The number of aromatic nitrogens is 3. The van der Waals surface area contributed by atoms with Gasteiger partial charge in [-0.15, -0.1) is 23.5 Å². The molecule has 0 saturated heterocycles. The topological polar surface area (TPSA) is 84.8 Å². The van der Waals surface area contributed by atoms with Gasteiger partial charge in [-0.1, -0.05) is 59.2 Å². The minimum atomic E-state index is -0.611. The van der Waals surface area contributed by atoms with Crippen molar-refractivity contribution in [2.45, 2.75) is 0 Å². The molecule has 0 fully saturated rings. The Morgan fingerprint density at radius 1 is 0.795 bits per heavy atom. The number of carbonyl (C=O) groups excluding carboxylic acids is 1. The molecule has 6 nitrogen and oxygen atoms in total. The zero-order valence-electron chi connectivity index (χ0n) is 20.8. The summed E-state index contributed by atoms with van der Waals surface area (Å²) in [5.74, 6) is 2.20. The van der Waals surface area contributed by atoms with Gasteiger partial charge in [0.15, 0.2) is 0 Å². The first-order valence-electron chi connectivity index (χ1n) is 11.5. The molecule has 13 heteroatoms. The number of anilines is 1. The number of thioether (sulfide) groups is 6. The van der Waals surface area contributed by atoms with E-state index >= 15 is 0 Å². The van der Waals surface area contributed by atoms with Gasteiger partial charge in [0, 0.05) is 52.9 Å². The van der Waals surface area contributed by atoms with Crippen LogP contribution in [-0.4, -0.2) is 49.1 Å². The van der Waals surface area contributed by atoms with Crippen LogP contribution in [0, 0.1) is 0 Å². The normalized spacial score (nSPS) is 16.5. The monoisotopic (exact) mass is 646 g/mol. The molecule has 3 aromatic rings. The number of pyridine rings is 3. The molecule has 0 aromatic carbocycles. The van der Waals surface area contributed by atoms with Crippen molar-refractivity contribution in [3.05, 3.63) is 88.2 Å². The fraction of sp³-hybridized carbons (Fsp3) is 0.154. The number of nitrogens with one attached hydrogen (secondary N) is 1. The zero-order chi connectivity index (χ0) is 27.2. The maximum Gasteiger partial charge on any atom is 0.262 e. The first-order valence-corrected chi connectivity index (χ1v) is 18.8. The predicted molar refractivity (Wildman–Crippen MR) is 177 cm³/mol. The number of rotatable bonds is 4. The Kier molecular flexibility index (Phi) is 10.3. The molecule has 200 valence electrons. The maximum atomic E-state index is 13.2. The van der Waals surface area contributed by atoms with Gasteiger partial charge >= 0.3 is 0 Å². The molecular weight excluding hydrogens is 625 g/mol. The summed E-state index contributed by atoms with van der Waals surface area (Å²) in [5.41, 5.74) is 3.49. The molecular formula is C26H22N4O2S7. The molecule has 6 rings (SSSR count). The molecule has 6 heterocycles. The molecule has 0 aliphatic carbocycles. The standard InChI is InChI=1S/C24H16N4OS6.C2H6OS/c29-20(19-13-32-23(33-19)24-34-21-22(35-24)31-10-9-30-21)27-14-11-17(15-5-1-3-7-25-15)28-18(12-14)16-6-2-4-8-26-16;1-4(2)3/h1-8,11-13H,9-10H2,(H,27,28,29);1-2H3. The van der Waals surface area contributed by atoms with Gasteiger partial charge in [0.25, 0.3) is 5.91 Å². The van der Waals surface area contributed by atoms with Crippen LogP contribution in [0.5, 0.6) is 0 Å². The van der Waals surface area contributed by atoms with Crippen LogP contribution in [0.25, 0.3) is 22.8 Å². The Hall–Kier alpha value is -1.61. The van der Waals surface area contributed by atoms with Crippen molar-refractivity contribution in [2.24, 2.45) is 0 Å². The SMILES string of the molecule is CS(C)=O.O=C(Nc1cc(-c2ccccn2)nc(-c2ccccn2)c1)C1=CSC(=C2SC3=C(SCCS3)S2)S1. The van der Waals surface area contributed by atoms with E-state index in [1.165, 1.54) is 28.5 Å². The molecule has 0 radical (unpaired) electrons. The average molecular weight is 647 g/mol. The molecule has 1 N–H and O–H groups in total. The second-order valence-electron chi connectivity index (χ2n) is 8.00. The summed E-state index contributed by atoms with van der Waals surface area (Å²) in [6.45, 7) is 0. The molecule has 1 amide bonds. The van der Waals surface area contributed by atoms with Gasteiger partial charge in [-0.2, -0.15) is 0 Å². The van der Waals surface area contributed by atoms with Crippen molar-refractivity contribution in [1.29, 1.82) is 0 Å². The third kappa shape index (κ3) is 7.78. The number of amides is 1. The highest BCUT2D eigenvalue weighted by atomic mass is 32.3. The van der Waals surface area contributed by atoms with Crippen LogP contribution >= 0.6 is 70.6 Å². The van der Waals surface area contributed by atoms with Crippen LogP contribution in [0.4, 0.5) is 5.69 Å². The minimum Gasteiger partial charge on any atom is -0.321 e. The largest absolute Gasteiger partial charge is 0.321 e.